The molecule has 1 aliphatic carbocycles. The average molecular weight is 413 g/mol. The Balaban J connectivity index is 1.77. The van der Waals surface area contributed by atoms with Gasteiger partial charge in [-0.3, -0.25) is 19.8 Å². The van der Waals surface area contributed by atoms with Crippen LogP contribution in [0, 0.1) is 10.1 Å². The zero-order valence-electron chi connectivity index (χ0n) is 16.5. The average Bonchev–Trinajstić information content (AvgIpc) is 3.21. The largest absolute Gasteiger partial charge is 0.416 e. The third-order valence-corrected chi connectivity index (χ3v) is 6.15. The van der Waals surface area contributed by atoms with Gasteiger partial charge < -0.3 is 4.90 Å². The number of hydrogen-bond donors (Lipinski definition) is 0. The number of halogens is 3. The molecule has 1 saturated heterocycles. The van der Waals surface area contributed by atoms with Crippen LogP contribution in [0.1, 0.15) is 49.7 Å². The molecule has 0 bridgehead atoms. The first kappa shape index (κ1) is 21.5. The molecule has 0 unspecified atom stereocenters. The monoisotopic (exact) mass is 413 g/mol. The lowest BCUT2D eigenvalue weighted by molar-refractivity contribution is -0.385. The highest BCUT2D eigenvalue weighted by Gasteiger charge is 2.37. The molecule has 9 heteroatoms. The van der Waals surface area contributed by atoms with E-state index >= 15 is 0 Å². The number of hydrogen-bond acceptors (Lipinski definition) is 4. The van der Waals surface area contributed by atoms with Gasteiger partial charge in [-0.05, 0) is 44.8 Å². The van der Waals surface area contributed by atoms with Gasteiger partial charge in [-0.1, -0.05) is 18.9 Å². The minimum absolute atomic E-state index is 0.00776. The van der Waals surface area contributed by atoms with Crippen molar-refractivity contribution in [2.24, 2.45) is 0 Å². The molecule has 0 N–H and O–H groups in total. The fourth-order valence-corrected chi connectivity index (χ4v) is 4.57. The Kier molecular flexibility index (Phi) is 6.45. The highest BCUT2D eigenvalue weighted by Crippen LogP contribution is 2.34. The maximum Gasteiger partial charge on any atom is 0.416 e. The lowest BCUT2D eigenvalue weighted by Gasteiger charge is -2.42. The summed E-state index contributed by atoms with van der Waals surface area (Å²) in [5.41, 5.74) is -1.75. The van der Waals surface area contributed by atoms with Crippen molar-refractivity contribution in [2.75, 3.05) is 20.1 Å². The Morgan fingerprint density at radius 2 is 1.86 bits per heavy atom. The quantitative estimate of drug-likeness (QED) is 0.540. The molecule has 29 heavy (non-hydrogen) atoms. The second kappa shape index (κ2) is 8.69. The molecule has 1 aliphatic heterocycles. The number of likely N-dealkylation sites (tertiary alicyclic amines) is 1. The third-order valence-electron chi connectivity index (χ3n) is 6.15. The Morgan fingerprint density at radius 1 is 1.21 bits per heavy atom. The van der Waals surface area contributed by atoms with Crippen LogP contribution in [0.25, 0.3) is 0 Å². The minimum atomic E-state index is -4.67. The summed E-state index contributed by atoms with van der Waals surface area (Å²) in [4.78, 5) is 27.4. The minimum Gasteiger partial charge on any atom is -0.341 e. The number of alkyl halides is 3. The molecule has 1 heterocycles. The van der Waals surface area contributed by atoms with Gasteiger partial charge in [0.1, 0.15) is 0 Å². The highest BCUT2D eigenvalue weighted by atomic mass is 19.4. The van der Waals surface area contributed by atoms with E-state index in [-0.39, 0.29) is 30.0 Å². The van der Waals surface area contributed by atoms with Crippen LogP contribution in [0.5, 0.6) is 0 Å². The Labute approximate surface area is 167 Å². The zero-order valence-corrected chi connectivity index (χ0v) is 16.5. The summed E-state index contributed by atoms with van der Waals surface area (Å²) < 4.78 is 38.7. The van der Waals surface area contributed by atoms with Gasteiger partial charge in [0, 0.05) is 30.8 Å². The van der Waals surface area contributed by atoms with Crippen molar-refractivity contribution in [3.05, 3.63) is 39.4 Å². The van der Waals surface area contributed by atoms with Crippen LogP contribution in [0.15, 0.2) is 18.2 Å². The van der Waals surface area contributed by atoms with Crippen LogP contribution >= 0.6 is 0 Å². The van der Waals surface area contributed by atoms with Crippen molar-refractivity contribution in [1.29, 1.82) is 0 Å². The molecular formula is C20H26F3N3O3. The van der Waals surface area contributed by atoms with Crippen molar-refractivity contribution < 1.29 is 22.9 Å². The summed E-state index contributed by atoms with van der Waals surface area (Å²) >= 11 is 0. The van der Waals surface area contributed by atoms with Gasteiger partial charge >= 0.3 is 6.18 Å². The van der Waals surface area contributed by atoms with Gasteiger partial charge in [0.15, 0.2) is 0 Å². The van der Waals surface area contributed by atoms with Gasteiger partial charge in [-0.2, -0.15) is 13.2 Å². The molecule has 2 fully saturated rings. The molecule has 0 spiro atoms. The van der Waals surface area contributed by atoms with Crippen molar-refractivity contribution >= 4 is 11.6 Å². The van der Waals surface area contributed by atoms with Crippen LogP contribution in [-0.4, -0.2) is 52.9 Å². The van der Waals surface area contributed by atoms with Gasteiger partial charge in [-0.15, -0.1) is 0 Å². The second-order valence-corrected chi connectivity index (χ2v) is 7.94. The first-order chi connectivity index (χ1) is 13.7. The summed E-state index contributed by atoms with van der Waals surface area (Å²) in [6.07, 6.45) is 1.37. The van der Waals surface area contributed by atoms with E-state index in [1.54, 1.807) is 11.9 Å². The normalized spacial score (nSPS) is 23.2. The summed E-state index contributed by atoms with van der Waals surface area (Å²) in [5.74, 6) is -0.302. The molecule has 1 aromatic rings. The number of nitro benzene ring substituents is 1. The number of rotatable bonds is 5. The van der Waals surface area contributed by atoms with Crippen LogP contribution in [0.3, 0.4) is 0 Å². The van der Waals surface area contributed by atoms with E-state index < -0.39 is 22.4 Å². The van der Waals surface area contributed by atoms with Gasteiger partial charge in [0.2, 0.25) is 5.91 Å². The topological polar surface area (TPSA) is 66.7 Å². The molecular weight excluding hydrogens is 387 g/mol. The molecule has 0 radical (unpaired) electrons. The Bertz CT molecular complexity index is 763. The van der Waals surface area contributed by atoms with Gasteiger partial charge in [-0.25, -0.2) is 0 Å². The molecule has 1 aromatic carbocycles. The maximum atomic E-state index is 12.9. The molecule has 1 amide bonds. The van der Waals surface area contributed by atoms with E-state index in [9.17, 15) is 28.1 Å². The number of benzene rings is 1. The summed E-state index contributed by atoms with van der Waals surface area (Å²) in [6.45, 7) is 2.04. The van der Waals surface area contributed by atoms with Crippen LogP contribution in [0.4, 0.5) is 18.9 Å². The number of carbonyl (C=O) groups excluding carboxylic acids is 1. The second-order valence-electron chi connectivity index (χ2n) is 7.94. The molecule has 3 rings (SSSR count). The molecule has 6 nitrogen and oxygen atoms in total. The van der Waals surface area contributed by atoms with E-state index in [0.29, 0.717) is 6.07 Å². The number of amides is 1. The van der Waals surface area contributed by atoms with Crippen molar-refractivity contribution in [3.8, 4) is 0 Å². The molecule has 1 saturated carbocycles. The lowest BCUT2D eigenvalue weighted by Crippen LogP contribution is -2.53. The van der Waals surface area contributed by atoms with Crippen molar-refractivity contribution in [2.45, 2.75) is 63.2 Å². The van der Waals surface area contributed by atoms with Crippen LogP contribution < -0.4 is 0 Å². The summed E-state index contributed by atoms with van der Waals surface area (Å²) in [7, 11) is 1.71. The van der Waals surface area contributed by atoms with Gasteiger partial charge in [0.25, 0.3) is 5.69 Å². The third kappa shape index (κ3) is 4.88. The molecule has 2 atom stereocenters. The van der Waals surface area contributed by atoms with E-state index in [4.69, 9.17) is 0 Å². The van der Waals surface area contributed by atoms with E-state index in [1.807, 2.05) is 0 Å². The predicted octanol–water partition coefficient (Wildman–Crippen LogP) is 4.02. The summed E-state index contributed by atoms with van der Waals surface area (Å²) in [6, 6.07) is 2.66. The fraction of sp³-hybridized carbons (Fsp3) is 0.650. The molecule has 2 aliphatic rings. The standard InChI is InChI=1S/C20H26F3N3O3/c1-24(16-6-2-3-7-17(16)25-10-4-5-11-25)19(27)12-14-8-9-15(20(21,22)23)13-18(14)26(28)29/h8-9,13,16-17H,2-7,10-12H2,1H3/t16-,17-/m0/s1. The Morgan fingerprint density at radius 3 is 2.48 bits per heavy atom. The molecule has 0 aromatic heterocycles. The fourth-order valence-electron chi connectivity index (χ4n) is 4.57. The van der Waals surface area contributed by atoms with Crippen LogP contribution in [-0.2, 0) is 17.4 Å². The van der Waals surface area contributed by atoms with E-state index in [2.05, 4.69) is 4.90 Å². The molecule has 160 valence electrons. The number of nitro groups is 1. The maximum absolute atomic E-state index is 12.9. The first-order valence-electron chi connectivity index (χ1n) is 10.0. The smallest absolute Gasteiger partial charge is 0.341 e. The first-order valence-corrected chi connectivity index (χ1v) is 10.0. The lowest BCUT2D eigenvalue weighted by atomic mass is 9.88. The van der Waals surface area contributed by atoms with Crippen LogP contribution in [0.2, 0.25) is 0 Å². The number of carbonyl (C=O) groups is 1. The van der Waals surface area contributed by atoms with Crippen molar-refractivity contribution in [1.82, 2.24) is 9.80 Å². The predicted molar refractivity (Wildman–Crippen MR) is 101 cm³/mol. The van der Waals surface area contributed by atoms with E-state index in [0.717, 1.165) is 63.7 Å². The highest BCUT2D eigenvalue weighted by molar-refractivity contribution is 5.80. The number of nitrogens with zero attached hydrogens (tertiary/aromatic N) is 3. The van der Waals surface area contributed by atoms with Gasteiger partial charge in [0.05, 0.1) is 16.9 Å². The Hall–Kier alpha value is -2.16. The van der Waals surface area contributed by atoms with Crippen molar-refractivity contribution in [3.63, 3.8) is 0 Å². The van der Waals surface area contributed by atoms with E-state index in [1.165, 1.54) is 0 Å². The summed E-state index contributed by atoms with van der Waals surface area (Å²) in [5, 5.41) is 11.3. The SMILES string of the molecule is CN(C(=O)Cc1ccc(C(F)(F)F)cc1[N+](=O)[O-])[C@H]1CCCC[C@@H]1N1CCCC1. The number of likely N-dealkylation sites (N-methyl/N-ethyl adjacent to an activating group) is 1. The zero-order chi connectivity index (χ0) is 21.2.